The fourth-order valence-corrected chi connectivity index (χ4v) is 3.80. The molecular weight excluding hydrogens is 286 g/mol. The van der Waals surface area contributed by atoms with E-state index in [0.29, 0.717) is 13.1 Å². The molecule has 3 amide bonds. The molecule has 0 spiro atoms. The number of carbonyl (C=O) groups excluding carboxylic acids is 3. The van der Waals surface area contributed by atoms with Crippen molar-refractivity contribution in [2.45, 2.75) is 31.5 Å². The number of hydrogen-bond donors (Lipinski definition) is 1. The van der Waals surface area contributed by atoms with E-state index >= 15 is 0 Å². The molecular formula is C15H23N3O4. The molecule has 2 bridgehead atoms. The lowest BCUT2D eigenvalue weighted by molar-refractivity contribution is -0.143. The summed E-state index contributed by atoms with van der Waals surface area (Å²) in [6.45, 7) is 1.52. The number of carbonyl (C=O) groups is 3. The maximum atomic E-state index is 12.4. The number of imide groups is 1. The van der Waals surface area contributed by atoms with Crippen molar-refractivity contribution in [3.63, 3.8) is 0 Å². The van der Waals surface area contributed by atoms with Gasteiger partial charge < -0.3 is 15.0 Å². The van der Waals surface area contributed by atoms with Gasteiger partial charge in [-0.1, -0.05) is 0 Å². The van der Waals surface area contributed by atoms with Crippen LogP contribution in [0.15, 0.2) is 0 Å². The monoisotopic (exact) mass is 309 g/mol. The van der Waals surface area contributed by atoms with E-state index in [1.165, 1.54) is 4.90 Å². The summed E-state index contributed by atoms with van der Waals surface area (Å²) in [6, 6.07) is 0. The molecule has 3 heterocycles. The Bertz CT molecular complexity index is 467. The number of amides is 3. The molecule has 4 atom stereocenters. The average molecular weight is 309 g/mol. The first-order valence-electron chi connectivity index (χ1n) is 7.94. The fourth-order valence-electron chi connectivity index (χ4n) is 3.80. The molecule has 7 nitrogen and oxygen atoms in total. The van der Waals surface area contributed by atoms with Crippen LogP contribution in [0.25, 0.3) is 0 Å². The Morgan fingerprint density at radius 3 is 2.41 bits per heavy atom. The molecule has 3 aliphatic rings. The van der Waals surface area contributed by atoms with Gasteiger partial charge in [-0.15, -0.1) is 0 Å². The molecule has 4 unspecified atom stereocenters. The van der Waals surface area contributed by atoms with Crippen molar-refractivity contribution in [3.8, 4) is 0 Å². The van der Waals surface area contributed by atoms with Crippen molar-refractivity contribution in [1.29, 1.82) is 0 Å². The zero-order valence-corrected chi connectivity index (χ0v) is 13.1. The van der Waals surface area contributed by atoms with Crippen LogP contribution in [0.2, 0.25) is 0 Å². The third kappa shape index (κ3) is 2.42. The van der Waals surface area contributed by atoms with E-state index in [0.717, 1.165) is 12.8 Å². The Labute approximate surface area is 129 Å². The topological polar surface area (TPSA) is 79.0 Å². The van der Waals surface area contributed by atoms with Crippen molar-refractivity contribution in [2.24, 2.45) is 11.8 Å². The van der Waals surface area contributed by atoms with Gasteiger partial charge in [0.2, 0.25) is 17.7 Å². The first kappa shape index (κ1) is 15.4. The van der Waals surface area contributed by atoms with Gasteiger partial charge in [0.15, 0.2) is 0 Å². The highest BCUT2D eigenvalue weighted by atomic mass is 16.5. The van der Waals surface area contributed by atoms with Gasteiger partial charge in [-0.2, -0.15) is 0 Å². The molecule has 1 N–H and O–H groups in total. The molecule has 3 rings (SSSR count). The van der Waals surface area contributed by atoms with Crippen LogP contribution in [0.1, 0.15) is 19.3 Å². The van der Waals surface area contributed by atoms with Crippen molar-refractivity contribution in [3.05, 3.63) is 0 Å². The van der Waals surface area contributed by atoms with Gasteiger partial charge in [0.05, 0.1) is 24.0 Å². The number of rotatable bonds is 6. The van der Waals surface area contributed by atoms with Crippen molar-refractivity contribution >= 4 is 17.7 Å². The highest BCUT2D eigenvalue weighted by Crippen LogP contribution is 2.48. The lowest BCUT2D eigenvalue weighted by Gasteiger charge is -2.20. The zero-order chi connectivity index (χ0) is 15.9. The second-order valence-electron chi connectivity index (χ2n) is 6.34. The van der Waals surface area contributed by atoms with Crippen LogP contribution in [0, 0.1) is 11.8 Å². The van der Waals surface area contributed by atoms with Gasteiger partial charge >= 0.3 is 0 Å². The molecule has 3 aliphatic heterocycles. The quantitative estimate of drug-likeness (QED) is 0.651. The highest BCUT2D eigenvalue weighted by molar-refractivity contribution is 6.06. The van der Waals surface area contributed by atoms with Gasteiger partial charge in [-0.25, -0.2) is 0 Å². The second kappa shape index (κ2) is 5.96. The number of nitrogens with one attached hydrogen (secondary N) is 1. The van der Waals surface area contributed by atoms with Crippen LogP contribution in [-0.2, 0) is 19.1 Å². The Balaban J connectivity index is 1.56. The molecule has 3 fully saturated rings. The Morgan fingerprint density at radius 1 is 1.27 bits per heavy atom. The van der Waals surface area contributed by atoms with Crippen LogP contribution in [0.5, 0.6) is 0 Å². The van der Waals surface area contributed by atoms with E-state index in [9.17, 15) is 14.4 Å². The minimum Gasteiger partial charge on any atom is -0.373 e. The number of likely N-dealkylation sites (tertiary alicyclic amines) is 1. The normalized spacial score (nSPS) is 32.7. The average Bonchev–Trinajstić information content (AvgIpc) is 3.17. The maximum Gasteiger partial charge on any atom is 0.235 e. The van der Waals surface area contributed by atoms with Crippen LogP contribution < -0.4 is 5.32 Å². The van der Waals surface area contributed by atoms with Gasteiger partial charge in [-0.3, -0.25) is 19.3 Å². The van der Waals surface area contributed by atoms with Crippen molar-refractivity contribution in [2.75, 3.05) is 33.7 Å². The second-order valence-corrected chi connectivity index (χ2v) is 6.34. The van der Waals surface area contributed by atoms with Gasteiger partial charge in [0, 0.05) is 33.1 Å². The van der Waals surface area contributed by atoms with Crippen LogP contribution in [0.4, 0.5) is 0 Å². The Kier molecular flexibility index (Phi) is 4.18. The highest BCUT2D eigenvalue weighted by Gasteiger charge is 2.62. The minimum atomic E-state index is -0.302. The third-order valence-electron chi connectivity index (χ3n) is 5.05. The smallest absolute Gasteiger partial charge is 0.235 e. The number of nitrogens with zero attached hydrogens (tertiary/aromatic N) is 2. The predicted octanol–water partition coefficient (Wildman–Crippen LogP) is -0.783. The molecule has 0 aromatic rings. The molecule has 3 saturated heterocycles. The summed E-state index contributed by atoms with van der Waals surface area (Å²) in [5, 5.41) is 2.98. The van der Waals surface area contributed by atoms with Gasteiger partial charge in [0.25, 0.3) is 0 Å². The molecule has 7 heteroatoms. The third-order valence-corrected chi connectivity index (χ3v) is 5.05. The van der Waals surface area contributed by atoms with E-state index in [2.05, 4.69) is 5.32 Å². The zero-order valence-electron chi connectivity index (χ0n) is 13.1. The van der Waals surface area contributed by atoms with E-state index in [1.54, 1.807) is 11.9 Å². The fraction of sp³-hybridized carbons (Fsp3) is 0.800. The first-order chi connectivity index (χ1) is 10.5. The summed E-state index contributed by atoms with van der Waals surface area (Å²) in [7, 11) is 3.56. The summed E-state index contributed by atoms with van der Waals surface area (Å²) in [6.07, 6.45) is 1.73. The largest absolute Gasteiger partial charge is 0.373 e. The van der Waals surface area contributed by atoms with Crippen molar-refractivity contribution < 1.29 is 19.1 Å². The number of likely N-dealkylation sites (N-methyl/N-ethyl adjacent to an activating group) is 2. The number of fused-ring (bicyclic) bond motifs is 5. The van der Waals surface area contributed by atoms with E-state index in [4.69, 9.17) is 4.74 Å². The van der Waals surface area contributed by atoms with Gasteiger partial charge in [0.1, 0.15) is 0 Å². The lowest BCUT2D eigenvalue weighted by atomic mass is 9.81. The molecule has 0 radical (unpaired) electrons. The molecule has 0 saturated carbocycles. The van der Waals surface area contributed by atoms with Gasteiger partial charge in [-0.05, 0) is 19.9 Å². The minimum absolute atomic E-state index is 0.0490. The molecule has 0 aromatic heterocycles. The standard InChI is InChI=1S/C15H23N3O4/c1-16-6-8-17(2)11(19)5-7-18-14(20)12-9-3-4-10(22-9)13(12)15(18)21/h9-10,12-13,16H,3-8H2,1-2H3. The van der Waals surface area contributed by atoms with E-state index < -0.39 is 0 Å². The molecule has 0 aromatic carbocycles. The van der Waals surface area contributed by atoms with Crippen LogP contribution in [-0.4, -0.2) is 73.5 Å². The first-order valence-corrected chi connectivity index (χ1v) is 7.94. The summed E-state index contributed by atoms with van der Waals surface area (Å²) in [5.74, 6) is -0.945. The number of hydrogen-bond acceptors (Lipinski definition) is 5. The van der Waals surface area contributed by atoms with E-state index in [1.807, 2.05) is 7.05 Å². The number of ether oxygens (including phenoxy) is 1. The Morgan fingerprint density at radius 2 is 1.86 bits per heavy atom. The van der Waals surface area contributed by atoms with Crippen LogP contribution >= 0.6 is 0 Å². The molecule has 122 valence electrons. The summed E-state index contributed by atoms with van der Waals surface area (Å²) in [4.78, 5) is 39.8. The summed E-state index contributed by atoms with van der Waals surface area (Å²) >= 11 is 0. The molecule has 22 heavy (non-hydrogen) atoms. The molecule has 0 aliphatic carbocycles. The van der Waals surface area contributed by atoms with E-state index in [-0.39, 0.29) is 54.7 Å². The maximum absolute atomic E-state index is 12.4. The SMILES string of the molecule is CNCCN(C)C(=O)CCN1C(=O)C2C3CCC(O3)C2C1=O. The van der Waals surface area contributed by atoms with Crippen molar-refractivity contribution in [1.82, 2.24) is 15.1 Å². The Hall–Kier alpha value is -1.47. The summed E-state index contributed by atoms with van der Waals surface area (Å²) < 4.78 is 5.69. The summed E-state index contributed by atoms with van der Waals surface area (Å²) in [5.41, 5.74) is 0. The van der Waals surface area contributed by atoms with Crippen LogP contribution in [0.3, 0.4) is 0 Å². The lowest BCUT2D eigenvalue weighted by Crippen LogP contribution is -2.39. The predicted molar refractivity (Wildman–Crippen MR) is 77.8 cm³/mol.